The fourth-order valence-electron chi connectivity index (χ4n) is 6.80. The number of carboxylic acids is 2. The van der Waals surface area contributed by atoms with Gasteiger partial charge in [0.25, 0.3) is 0 Å². The molecule has 68 heavy (non-hydrogen) atoms. The maximum absolute atomic E-state index is 12.6. The molecule has 0 aromatic heterocycles. The van der Waals surface area contributed by atoms with E-state index in [2.05, 4.69) is 0 Å². The quantitative estimate of drug-likeness (QED) is 0.0299. The lowest BCUT2D eigenvalue weighted by Crippen LogP contribution is -2.60. The maximum Gasteiger partial charge on any atom is 0.330 e. The Balaban J connectivity index is 1.29. The summed E-state index contributed by atoms with van der Waals surface area (Å²) in [5.74, 6) is -12.5. The summed E-state index contributed by atoms with van der Waals surface area (Å²) < 4.78 is 44.4. The molecule has 3 heterocycles. The number of ether oxygens (including phenoxy) is 8. The van der Waals surface area contributed by atoms with Gasteiger partial charge in [-0.15, -0.1) is 0 Å². The van der Waals surface area contributed by atoms with Crippen molar-refractivity contribution in [3.8, 4) is 28.7 Å². The first kappa shape index (κ1) is 49.8. The molecule has 2 saturated heterocycles. The lowest BCUT2D eigenvalue weighted by atomic mass is 9.95. The number of carbonyl (C=O) groups excluding carboxylic acids is 3. The Kier molecular flexibility index (Phi) is 15.3. The van der Waals surface area contributed by atoms with E-state index in [1.807, 2.05) is 0 Å². The van der Waals surface area contributed by atoms with Crippen LogP contribution in [0.4, 0.5) is 0 Å². The Morgan fingerprint density at radius 3 is 1.93 bits per heavy atom. The molecular weight excluding hydrogens is 920 g/mol. The van der Waals surface area contributed by atoms with Gasteiger partial charge in [0, 0.05) is 29.4 Å². The predicted molar refractivity (Wildman–Crippen MR) is 215 cm³/mol. The molecule has 4 aliphatic rings. The number of allylic oxidation sites excluding steroid dienone is 2. The Morgan fingerprint density at radius 1 is 0.647 bits per heavy atom. The normalized spacial score (nSPS) is 27.9. The van der Waals surface area contributed by atoms with E-state index in [9.17, 15) is 80.1 Å². The molecule has 0 bridgehead atoms. The summed E-state index contributed by atoms with van der Waals surface area (Å²) in [5.41, 5.74) is -0.109. The molecule has 2 aromatic carbocycles. The zero-order chi connectivity index (χ0) is 49.7. The Labute approximate surface area is 380 Å². The highest BCUT2D eigenvalue weighted by atomic mass is 16.7. The number of hydrogen-bond acceptors (Lipinski definition) is 24. The van der Waals surface area contributed by atoms with Gasteiger partial charge >= 0.3 is 29.8 Å². The van der Waals surface area contributed by atoms with Crippen LogP contribution in [0.3, 0.4) is 0 Å². The summed E-state index contributed by atoms with van der Waals surface area (Å²) >= 11 is 0. The number of esters is 3. The SMILES string of the molecule is O=C(O)CC(=O)OC[C@H]1O[C@@H](OC2=CC(O)=CC3OC(c4cc(O)c(O)c(O)c4)=C(O[C@@H]4O[C@H](COC(=O)/C=C/c5ccc(O)c(O)c5)[C@@H](O)[C@H](O)[C@H]4O)C=C23)[C@H](O)[C@@H](O)[C@@H]1OC(=O)CC(=O)O. The summed E-state index contributed by atoms with van der Waals surface area (Å²) in [5, 5.41) is 134. The zero-order valence-corrected chi connectivity index (χ0v) is 34.6. The van der Waals surface area contributed by atoms with Crippen molar-refractivity contribution in [3.05, 3.63) is 88.6 Å². The van der Waals surface area contributed by atoms with E-state index in [0.29, 0.717) is 0 Å². The van der Waals surface area contributed by atoms with Crippen LogP contribution in [0.25, 0.3) is 11.8 Å². The van der Waals surface area contributed by atoms with Crippen molar-refractivity contribution in [1.29, 1.82) is 0 Å². The number of aliphatic hydroxyl groups excluding tert-OH is 6. The first-order valence-corrected chi connectivity index (χ1v) is 19.8. The lowest BCUT2D eigenvalue weighted by molar-refractivity contribution is -0.294. The fourth-order valence-corrected chi connectivity index (χ4v) is 6.80. The van der Waals surface area contributed by atoms with Crippen molar-refractivity contribution in [3.63, 3.8) is 0 Å². The molecule has 366 valence electrons. The summed E-state index contributed by atoms with van der Waals surface area (Å²) in [6.07, 6.45) is -18.3. The lowest BCUT2D eigenvalue weighted by Gasteiger charge is -2.42. The van der Waals surface area contributed by atoms with E-state index < -0.39 is 175 Å². The smallest absolute Gasteiger partial charge is 0.330 e. The number of benzene rings is 2. The van der Waals surface area contributed by atoms with E-state index in [0.717, 1.165) is 48.6 Å². The number of hydrogen-bond donors (Lipinski definition) is 13. The van der Waals surface area contributed by atoms with Crippen molar-refractivity contribution in [2.24, 2.45) is 0 Å². The average Bonchev–Trinajstić information content (AvgIpc) is 3.26. The molecule has 2 fully saturated rings. The summed E-state index contributed by atoms with van der Waals surface area (Å²) in [4.78, 5) is 59.1. The van der Waals surface area contributed by atoms with Crippen LogP contribution in [0, 0.1) is 0 Å². The van der Waals surface area contributed by atoms with Gasteiger partial charge < -0.3 is 104 Å². The van der Waals surface area contributed by atoms with Crippen LogP contribution in [-0.4, -0.2) is 177 Å². The second-order valence-corrected chi connectivity index (χ2v) is 15.1. The van der Waals surface area contributed by atoms with Gasteiger partial charge in [0.2, 0.25) is 12.6 Å². The number of fused-ring (bicyclic) bond motifs is 1. The van der Waals surface area contributed by atoms with E-state index in [1.54, 1.807) is 0 Å². The summed E-state index contributed by atoms with van der Waals surface area (Å²) in [7, 11) is 0. The van der Waals surface area contributed by atoms with Crippen LogP contribution in [0.1, 0.15) is 24.0 Å². The minimum absolute atomic E-state index is 0.149. The molecule has 3 aliphatic heterocycles. The Bertz CT molecular complexity index is 2430. The minimum Gasteiger partial charge on any atom is -0.508 e. The third-order valence-electron chi connectivity index (χ3n) is 10.1. The average molecular weight is 963 g/mol. The van der Waals surface area contributed by atoms with E-state index in [4.69, 9.17) is 48.1 Å². The standard InChI is InChI=1S/C42H42O26/c43-17-8-23-18(24(9-17)64-42-38(60)36(58)40(68-32(54)12-29(50)51)27(67-42)14-62-31(53)11-28(48)49)10-25(39(63-23)16-6-21(46)33(55)22(47)7-16)65-41-37(59)35(57)34(56)26(66-41)13-61-30(52)4-2-15-1-3-19(44)20(45)5-15/h1-10,23,26-27,34-38,40-47,55-60H,11-14H2,(H,48,49)(H,50,51)/b4-2+/t23?,26-,27-,34-,35+,36-,37-,38-,40-,41-,42-/m1/s1. The number of phenols is 5. The summed E-state index contributed by atoms with van der Waals surface area (Å²) in [6, 6.07) is 5.47. The van der Waals surface area contributed by atoms with Crippen LogP contribution in [0.5, 0.6) is 28.7 Å². The van der Waals surface area contributed by atoms with E-state index in [-0.39, 0.29) is 16.7 Å². The molecule has 1 unspecified atom stereocenters. The maximum atomic E-state index is 12.6. The molecule has 1 aliphatic carbocycles. The second kappa shape index (κ2) is 20.9. The number of phenolic OH excluding ortho intramolecular Hbond substituents is 5. The monoisotopic (exact) mass is 962 g/mol. The molecular formula is C42H42O26. The van der Waals surface area contributed by atoms with Crippen LogP contribution in [0.15, 0.2) is 77.5 Å². The first-order chi connectivity index (χ1) is 32.1. The van der Waals surface area contributed by atoms with E-state index in [1.165, 1.54) is 12.1 Å². The van der Waals surface area contributed by atoms with Gasteiger partial charge in [-0.2, -0.15) is 0 Å². The highest BCUT2D eigenvalue weighted by Gasteiger charge is 2.50. The Hall–Kier alpha value is -7.59. The number of carboxylic acid groups (broad SMARTS) is 2. The molecule has 2 aromatic rings. The number of aliphatic carboxylic acids is 2. The van der Waals surface area contributed by atoms with Gasteiger partial charge in [0.05, 0.1) is 0 Å². The third-order valence-corrected chi connectivity index (χ3v) is 10.1. The summed E-state index contributed by atoms with van der Waals surface area (Å²) in [6.45, 7) is -1.72. The zero-order valence-electron chi connectivity index (χ0n) is 34.6. The second-order valence-electron chi connectivity index (χ2n) is 15.1. The van der Waals surface area contributed by atoms with Gasteiger partial charge in [0.15, 0.2) is 46.4 Å². The third kappa shape index (κ3) is 11.7. The van der Waals surface area contributed by atoms with Crippen LogP contribution >= 0.6 is 0 Å². The number of aromatic hydroxyl groups is 5. The highest BCUT2D eigenvalue weighted by molar-refractivity contribution is 5.91. The number of aliphatic hydroxyl groups is 6. The molecule has 11 atom stereocenters. The van der Waals surface area contributed by atoms with Crippen LogP contribution in [-0.2, 0) is 61.9 Å². The highest BCUT2D eigenvalue weighted by Crippen LogP contribution is 2.44. The van der Waals surface area contributed by atoms with Gasteiger partial charge in [-0.05, 0) is 42.0 Å². The van der Waals surface area contributed by atoms with Crippen LogP contribution < -0.4 is 0 Å². The topological polar surface area (TPSA) is 422 Å². The molecule has 0 saturated carbocycles. The van der Waals surface area contributed by atoms with Crippen molar-refractivity contribution < 1.29 is 128 Å². The van der Waals surface area contributed by atoms with Crippen molar-refractivity contribution in [2.45, 2.75) is 80.4 Å². The van der Waals surface area contributed by atoms with Gasteiger partial charge in [-0.1, -0.05) is 6.07 Å². The largest absolute Gasteiger partial charge is 0.508 e. The van der Waals surface area contributed by atoms with Crippen molar-refractivity contribution in [1.82, 2.24) is 0 Å². The van der Waals surface area contributed by atoms with E-state index >= 15 is 0 Å². The van der Waals surface area contributed by atoms with Crippen molar-refractivity contribution in [2.75, 3.05) is 13.2 Å². The molecule has 26 heteroatoms. The molecule has 0 amide bonds. The molecule has 26 nitrogen and oxygen atoms in total. The molecule has 13 N–H and O–H groups in total. The number of rotatable bonds is 16. The molecule has 0 spiro atoms. The Morgan fingerprint density at radius 2 is 1.26 bits per heavy atom. The number of carbonyl (C=O) groups is 5. The van der Waals surface area contributed by atoms with Gasteiger partial charge in [-0.3, -0.25) is 19.2 Å². The van der Waals surface area contributed by atoms with Gasteiger partial charge in [-0.25, -0.2) is 4.79 Å². The molecule has 0 radical (unpaired) electrons. The predicted octanol–water partition coefficient (Wildman–Crippen LogP) is -1.50. The van der Waals surface area contributed by atoms with Crippen molar-refractivity contribution >= 4 is 41.7 Å². The minimum atomic E-state index is -2.19. The van der Waals surface area contributed by atoms with Crippen LogP contribution in [0.2, 0.25) is 0 Å². The molecule has 6 rings (SSSR count). The van der Waals surface area contributed by atoms with Gasteiger partial charge in [0.1, 0.15) is 86.4 Å². The first-order valence-electron chi connectivity index (χ1n) is 19.8. The fraction of sp³-hybridized carbons (Fsp3) is 0.357.